The second-order valence-electron chi connectivity index (χ2n) is 3.76. The molecule has 0 saturated carbocycles. The monoisotopic (exact) mass is 277 g/mol. The summed E-state index contributed by atoms with van der Waals surface area (Å²) in [5, 5.41) is 12.1. The Morgan fingerprint density at radius 3 is 2.68 bits per heavy atom. The van der Waals surface area contributed by atoms with Gasteiger partial charge in [-0.1, -0.05) is 35.0 Å². The number of hydrogen-bond donors (Lipinski definition) is 2. The molecule has 0 atom stereocenters. The number of pyridine rings is 1. The molecular formula is C13H12ClN3O2. The Morgan fingerprint density at radius 2 is 2.00 bits per heavy atom. The second kappa shape index (κ2) is 6.06. The third-order valence-corrected chi connectivity index (χ3v) is 2.65. The van der Waals surface area contributed by atoms with E-state index in [-0.39, 0.29) is 5.84 Å². The van der Waals surface area contributed by atoms with Crippen LogP contribution in [0.2, 0.25) is 5.02 Å². The van der Waals surface area contributed by atoms with E-state index in [1.165, 1.54) is 0 Å². The molecule has 0 fully saturated rings. The molecule has 0 aliphatic rings. The first-order chi connectivity index (χ1) is 9.19. The van der Waals surface area contributed by atoms with E-state index in [1.807, 2.05) is 12.1 Å². The summed E-state index contributed by atoms with van der Waals surface area (Å²) in [6.45, 7) is 0.365. The van der Waals surface area contributed by atoms with Crippen LogP contribution >= 0.6 is 11.6 Å². The average Bonchev–Trinajstić information content (AvgIpc) is 2.46. The molecule has 19 heavy (non-hydrogen) atoms. The van der Waals surface area contributed by atoms with Crippen LogP contribution in [0.3, 0.4) is 0 Å². The van der Waals surface area contributed by atoms with Gasteiger partial charge in [-0.2, -0.15) is 0 Å². The fraction of sp³-hybridized carbons (Fsp3) is 0.0769. The van der Waals surface area contributed by atoms with Crippen molar-refractivity contribution in [1.82, 2.24) is 4.98 Å². The number of ether oxygens (including phenoxy) is 1. The molecule has 5 nitrogen and oxygen atoms in total. The van der Waals surface area contributed by atoms with Crippen molar-refractivity contribution in [2.45, 2.75) is 6.61 Å². The molecule has 6 heteroatoms. The molecule has 2 rings (SSSR count). The Labute approximate surface area is 115 Å². The second-order valence-corrected chi connectivity index (χ2v) is 4.20. The molecule has 1 aromatic heterocycles. The molecule has 0 aliphatic carbocycles. The molecule has 3 N–H and O–H groups in total. The first-order valence-corrected chi connectivity index (χ1v) is 5.89. The highest BCUT2D eigenvalue weighted by molar-refractivity contribution is 6.30. The minimum absolute atomic E-state index is 0.0584. The molecule has 1 aromatic carbocycles. The van der Waals surface area contributed by atoms with Gasteiger partial charge in [0.05, 0.1) is 0 Å². The van der Waals surface area contributed by atoms with Crippen molar-refractivity contribution in [3.05, 3.63) is 58.7 Å². The minimum atomic E-state index is -0.0584. The zero-order valence-electron chi connectivity index (χ0n) is 9.95. The van der Waals surface area contributed by atoms with Gasteiger partial charge >= 0.3 is 0 Å². The van der Waals surface area contributed by atoms with Crippen LogP contribution in [0.5, 0.6) is 5.88 Å². The van der Waals surface area contributed by atoms with Gasteiger partial charge in [0.15, 0.2) is 5.84 Å². The van der Waals surface area contributed by atoms with Crippen molar-refractivity contribution < 1.29 is 9.94 Å². The highest BCUT2D eigenvalue weighted by atomic mass is 35.5. The van der Waals surface area contributed by atoms with Gasteiger partial charge in [0, 0.05) is 11.1 Å². The van der Waals surface area contributed by atoms with E-state index >= 15 is 0 Å². The van der Waals surface area contributed by atoms with Gasteiger partial charge in [0.1, 0.15) is 12.3 Å². The molecule has 0 unspecified atom stereocenters. The Hall–Kier alpha value is -2.27. The van der Waals surface area contributed by atoms with Crippen LogP contribution in [0.4, 0.5) is 0 Å². The quantitative estimate of drug-likeness (QED) is 0.389. The summed E-state index contributed by atoms with van der Waals surface area (Å²) in [6.07, 6.45) is 0. The molecule has 1 heterocycles. The van der Waals surface area contributed by atoms with Crippen LogP contribution in [-0.2, 0) is 6.61 Å². The molecule has 0 spiro atoms. The van der Waals surface area contributed by atoms with Crippen molar-refractivity contribution in [2.75, 3.05) is 0 Å². The number of nitrogens with zero attached hydrogens (tertiary/aromatic N) is 2. The number of hydrogen-bond acceptors (Lipinski definition) is 4. The maximum atomic E-state index is 8.58. The summed E-state index contributed by atoms with van der Waals surface area (Å²) in [6, 6.07) is 12.4. The van der Waals surface area contributed by atoms with Crippen molar-refractivity contribution in [2.24, 2.45) is 10.9 Å². The van der Waals surface area contributed by atoms with Gasteiger partial charge in [-0.25, -0.2) is 4.98 Å². The standard InChI is InChI=1S/C13H12ClN3O2/c14-10-6-4-9(5-7-10)8-19-12-3-1-2-11(16-12)13(15)17-18/h1-7,18H,8H2,(H2,15,17). The zero-order valence-corrected chi connectivity index (χ0v) is 10.7. The molecule has 0 saturated heterocycles. The Bertz CT molecular complexity index is 585. The van der Waals surface area contributed by atoms with Crippen molar-refractivity contribution in [3.63, 3.8) is 0 Å². The summed E-state index contributed by atoms with van der Waals surface area (Å²) >= 11 is 5.80. The van der Waals surface area contributed by atoms with Crippen molar-refractivity contribution in [3.8, 4) is 5.88 Å². The van der Waals surface area contributed by atoms with Crippen LogP contribution in [0, 0.1) is 0 Å². The number of rotatable bonds is 4. The van der Waals surface area contributed by atoms with Gasteiger partial charge in [0.25, 0.3) is 0 Å². The van der Waals surface area contributed by atoms with Crippen LogP contribution in [-0.4, -0.2) is 16.0 Å². The Balaban J connectivity index is 2.05. The molecular weight excluding hydrogens is 266 g/mol. The average molecular weight is 278 g/mol. The highest BCUT2D eigenvalue weighted by Crippen LogP contribution is 2.13. The van der Waals surface area contributed by atoms with E-state index in [2.05, 4.69) is 10.1 Å². The van der Waals surface area contributed by atoms with Crippen LogP contribution in [0.1, 0.15) is 11.3 Å². The number of aromatic nitrogens is 1. The van der Waals surface area contributed by atoms with Gasteiger partial charge in [-0.05, 0) is 23.8 Å². The maximum Gasteiger partial charge on any atom is 0.214 e. The fourth-order valence-electron chi connectivity index (χ4n) is 1.43. The van der Waals surface area contributed by atoms with Crippen molar-refractivity contribution in [1.29, 1.82) is 0 Å². The van der Waals surface area contributed by atoms with E-state index in [4.69, 9.17) is 27.3 Å². The van der Waals surface area contributed by atoms with Gasteiger partial charge in [-0.3, -0.25) is 0 Å². The molecule has 98 valence electrons. The summed E-state index contributed by atoms with van der Waals surface area (Å²) in [4.78, 5) is 4.11. The topological polar surface area (TPSA) is 80.7 Å². The number of oxime groups is 1. The highest BCUT2D eigenvalue weighted by Gasteiger charge is 2.03. The predicted octanol–water partition coefficient (Wildman–Crippen LogP) is 2.41. The summed E-state index contributed by atoms with van der Waals surface area (Å²) < 4.78 is 5.52. The van der Waals surface area contributed by atoms with E-state index in [1.54, 1.807) is 30.3 Å². The SMILES string of the molecule is NC(=NO)c1cccc(OCc2ccc(Cl)cc2)n1. The van der Waals surface area contributed by atoms with E-state index in [0.29, 0.717) is 23.2 Å². The lowest BCUT2D eigenvalue weighted by molar-refractivity contribution is 0.293. The lowest BCUT2D eigenvalue weighted by Gasteiger charge is -2.06. The third-order valence-electron chi connectivity index (χ3n) is 2.39. The zero-order chi connectivity index (χ0) is 13.7. The maximum absolute atomic E-state index is 8.58. The van der Waals surface area contributed by atoms with Crippen LogP contribution < -0.4 is 10.5 Å². The number of amidine groups is 1. The smallest absolute Gasteiger partial charge is 0.214 e. The lowest BCUT2D eigenvalue weighted by atomic mass is 10.2. The van der Waals surface area contributed by atoms with Gasteiger partial charge < -0.3 is 15.7 Å². The molecule has 0 aliphatic heterocycles. The molecule has 0 radical (unpaired) electrons. The largest absolute Gasteiger partial charge is 0.473 e. The van der Waals surface area contributed by atoms with Gasteiger partial charge in [-0.15, -0.1) is 0 Å². The fourth-order valence-corrected chi connectivity index (χ4v) is 1.55. The summed E-state index contributed by atoms with van der Waals surface area (Å²) in [5.74, 6) is 0.344. The van der Waals surface area contributed by atoms with Crippen molar-refractivity contribution >= 4 is 17.4 Å². The third kappa shape index (κ3) is 3.59. The van der Waals surface area contributed by atoms with Crippen LogP contribution in [0.25, 0.3) is 0 Å². The van der Waals surface area contributed by atoms with E-state index < -0.39 is 0 Å². The van der Waals surface area contributed by atoms with Crippen LogP contribution in [0.15, 0.2) is 47.6 Å². The molecule has 2 aromatic rings. The lowest BCUT2D eigenvalue weighted by Crippen LogP contribution is -2.15. The summed E-state index contributed by atoms with van der Waals surface area (Å²) in [5.41, 5.74) is 6.78. The van der Waals surface area contributed by atoms with Gasteiger partial charge in [0.2, 0.25) is 5.88 Å². The molecule has 0 amide bonds. The van der Waals surface area contributed by atoms with E-state index in [0.717, 1.165) is 5.56 Å². The molecule has 0 bridgehead atoms. The van der Waals surface area contributed by atoms with E-state index in [9.17, 15) is 0 Å². The normalized spacial score (nSPS) is 11.3. The number of benzene rings is 1. The Kier molecular flexibility index (Phi) is 4.20. The predicted molar refractivity (Wildman–Crippen MR) is 72.5 cm³/mol. The number of nitrogens with two attached hydrogens (primary N) is 1. The number of halogens is 1. The minimum Gasteiger partial charge on any atom is -0.473 e. The summed E-state index contributed by atoms with van der Waals surface area (Å²) in [7, 11) is 0. The first kappa shape index (κ1) is 13.2. The Morgan fingerprint density at radius 1 is 1.26 bits per heavy atom. The first-order valence-electron chi connectivity index (χ1n) is 5.51.